The molecule has 0 fully saturated rings. The predicted octanol–water partition coefficient (Wildman–Crippen LogP) is 3.60. The number of hydrogen-bond acceptors (Lipinski definition) is 6. The molecule has 0 radical (unpaired) electrons. The fourth-order valence-electron chi connectivity index (χ4n) is 2.71. The quantitative estimate of drug-likeness (QED) is 0.490. The van der Waals surface area contributed by atoms with Crippen molar-refractivity contribution in [3.05, 3.63) is 64.4 Å². The van der Waals surface area contributed by atoms with Gasteiger partial charge in [-0.25, -0.2) is 9.78 Å². The number of ketones is 1. The van der Waals surface area contributed by atoms with Gasteiger partial charge in [0.1, 0.15) is 5.75 Å². The number of methoxy groups -OCH3 is 1. The molecule has 134 valence electrons. The number of nitrogens with zero attached hydrogens (tertiary/aromatic N) is 2. The number of carbonyl (C=O) groups excluding carboxylic acids is 2. The van der Waals surface area contributed by atoms with Crippen molar-refractivity contribution in [2.24, 2.45) is 0 Å². The average Bonchev–Trinajstić information content (AvgIpc) is 3.27. The normalized spacial score (nSPS) is 10.6. The van der Waals surface area contributed by atoms with Crippen LogP contribution in [0.25, 0.3) is 5.13 Å². The summed E-state index contributed by atoms with van der Waals surface area (Å²) in [4.78, 5) is 29.0. The lowest BCUT2D eigenvalue weighted by Gasteiger charge is -2.07. The van der Waals surface area contributed by atoms with Gasteiger partial charge in [-0.2, -0.15) is 0 Å². The summed E-state index contributed by atoms with van der Waals surface area (Å²) in [6, 6.07) is 8.40. The van der Waals surface area contributed by atoms with Crippen LogP contribution in [0.15, 0.2) is 41.9 Å². The smallest absolute Gasteiger partial charge is 0.338 e. The molecular weight excluding hydrogens is 352 g/mol. The molecule has 7 heteroatoms. The number of rotatable bonds is 6. The van der Waals surface area contributed by atoms with Gasteiger partial charge in [0.15, 0.2) is 11.7 Å². The first-order valence-corrected chi connectivity index (χ1v) is 8.82. The molecule has 2 heterocycles. The number of aromatic nitrogens is 2. The number of Topliss-reactive ketones (excluding diaryl/α,β-unsaturated/α-hetero) is 1. The molecule has 6 nitrogen and oxygen atoms in total. The second kappa shape index (κ2) is 7.53. The highest BCUT2D eigenvalue weighted by Gasteiger charge is 2.19. The fraction of sp³-hybridized carbons (Fsp3) is 0.211. The predicted molar refractivity (Wildman–Crippen MR) is 98.5 cm³/mol. The third-order valence-corrected chi connectivity index (χ3v) is 4.74. The molecule has 0 bridgehead atoms. The van der Waals surface area contributed by atoms with Crippen LogP contribution in [0.1, 0.15) is 32.1 Å². The van der Waals surface area contributed by atoms with E-state index in [0.29, 0.717) is 16.9 Å². The monoisotopic (exact) mass is 370 g/mol. The van der Waals surface area contributed by atoms with Gasteiger partial charge in [0.05, 0.1) is 12.7 Å². The van der Waals surface area contributed by atoms with Crippen LogP contribution < -0.4 is 4.74 Å². The van der Waals surface area contributed by atoms with Crippen molar-refractivity contribution in [1.29, 1.82) is 0 Å². The number of hydrogen-bond donors (Lipinski definition) is 0. The molecule has 0 aliphatic carbocycles. The summed E-state index contributed by atoms with van der Waals surface area (Å²) in [7, 11) is 1.52. The SMILES string of the molecule is COc1cccc(C(=O)OCC(=O)c2cc(C)n(-c3nccs3)c2C)c1. The summed E-state index contributed by atoms with van der Waals surface area (Å²) < 4.78 is 12.2. The molecular formula is C19H18N2O4S. The van der Waals surface area contributed by atoms with Crippen molar-refractivity contribution in [2.75, 3.05) is 13.7 Å². The number of aryl methyl sites for hydroxylation is 1. The van der Waals surface area contributed by atoms with Gasteiger partial charge in [-0.05, 0) is 38.1 Å². The Morgan fingerprint density at radius 3 is 2.73 bits per heavy atom. The Morgan fingerprint density at radius 2 is 2.04 bits per heavy atom. The zero-order valence-electron chi connectivity index (χ0n) is 14.7. The van der Waals surface area contributed by atoms with Gasteiger partial charge in [0.25, 0.3) is 0 Å². The van der Waals surface area contributed by atoms with Gasteiger partial charge < -0.3 is 9.47 Å². The lowest BCUT2D eigenvalue weighted by Crippen LogP contribution is -2.15. The molecule has 3 aromatic rings. The number of benzene rings is 1. The first-order chi connectivity index (χ1) is 12.5. The summed E-state index contributed by atoms with van der Waals surface area (Å²) in [6.45, 7) is 3.44. The van der Waals surface area contributed by atoms with Crippen LogP contribution in [-0.4, -0.2) is 35.0 Å². The van der Waals surface area contributed by atoms with Crippen LogP contribution in [0.4, 0.5) is 0 Å². The molecule has 0 unspecified atom stereocenters. The van der Waals surface area contributed by atoms with Crippen LogP contribution in [0.3, 0.4) is 0 Å². The highest BCUT2D eigenvalue weighted by molar-refractivity contribution is 7.12. The summed E-state index contributed by atoms with van der Waals surface area (Å²) in [6.07, 6.45) is 1.72. The number of thiazole rings is 1. The van der Waals surface area contributed by atoms with Gasteiger partial charge in [-0.1, -0.05) is 6.07 Å². The van der Waals surface area contributed by atoms with Gasteiger partial charge in [-0.3, -0.25) is 9.36 Å². The molecule has 0 saturated carbocycles. The molecule has 3 rings (SSSR count). The standard InChI is InChI=1S/C19H18N2O4S/c1-12-9-16(13(2)21(12)19-20-7-8-26-19)17(22)11-25-18(23)14-5-4-6-15(10-14)24-3/h4-10H,11H2,1-3H3. The van der Waals surface area contributed by atoms with Gasteiger partial charge in [0.2, 0.25) is 5.78 Å². The molecule has 2 aromatic heterocycles. The molecule has 0 atom stereocenters. The second-order valence-electron chi connectivity index (χ2n) is 5.67. The molecule has 0 amide bonds. The van der Waals surface area contributed by atoms with Crippen LogP contribution in [0, 0.1) is 13.8 Å². The van der Waals surface area contributed by atoms with Crippen molar-refractivity contribution in [3.8, 4) is 10.9 Å². The Hall–Kier alpha value is -2.93. The van der Waals surface area contributed by atoms with Crippen molar-refractivity contribution < 1.29 is 19.1 Å². The molecule has 0 spiro atoms. The number of ether oxygens (including phenoxy) is 2. The van der Waals surface area contributed by atoms with E-state index in [-0.39, 0.29) is 12.4 Å². The Balaban J connectivity index is 1.73. The average molecular weight is 370 g/mol. The topological polar surface area (TPSA) is 70.4 Å². The number of esters is 1. The first-order valence-electron chi connectivity index (χ1n) is 7.94. The van der Waals surface area contributed by atoms with E-state index in [1.54, 1.807) is 36.5 Å². The third kappa shape index (κ3) is 3.52. The Morgan fingerprint density at radius 1 is 1.23 bits per heavy atom. The van der Waals surface area contributed by atoms with Crippen molar-refractivity contribution >= 4 is 23.1 Å². The van der Waals surface area contributed by atoms with E-state index in [9.17, 15) is 9.59 Å². The van der Waals surface area contributed by atoms with Crippen molar-refractivity contribution in [3.63, 3.8) is 0 Å². The van der Waals surface area contributed by atoms with E-state index >= 15 is 0 Å². The Labute approximate surface area is 155 Å². The van der Waals surface area contributed by atoms with Gasteiger partial charge in [-0.15, -0.1) is 11.3 Å². The maximum Gasteiger partial charge on any atom is 0.338 e. The molecule has 0 aliphatic rings. The largest absolute Gasteiger partial charge is 0.497 e. The van der Waals surface area contributed by atoms with Gasteiger partial charge >= 0.3 is 5.97 Å². The van der Waals surface area contributed by atoms with Crippen LogP contribution in [0.2, 0.25) is 0 Å². The van der Waals surface area contributed by atoms with Crippen molar-refractivity contribution in [1.82, 2.24) is 9.55 Å². The zero-order chi connectivity index (χ0) is 18.7. The van der Waals surface area contributed by atoms with E-state index in [1.807, 2.05) is 23.8 Å². The molecule has 0 N–H and O–H groups in total. The minimum atomic E-state index is -0.564. The van der Waals surface area contributed by atoms with E-state index in [1.165, 1.54) is 18.4 Å². The van der Waals surface area contributed by atoms with Crippen molar-refractivity contribution in [2.45, 2.75) is 13.8 Å². The molecule has 0 aliphatic heterocycles. The lowest BCUT2D eigenvalue weighted by molar-refractivity contribution is 0.0474. The summed E-state index contributed by atoms with van der Waals surface area (Å²) >= 11 is 1.49. The lowest BCUT2D eigenvalue weighted by atomic mass is 10.1. The third-order valence-electron chi connectivity index (χ3n) is 3.98. The highest BCUT2D eigenvalue weighted by atomic mass is 32.1. The molecule has 1 aromatic carbocycles. The summed E-state index contributed by atoms with van der Waals surface area (Å²) in [5, 5.41) is 2.68. The van der Waals surface area contributed by atoms with E-state index in [4.69, 9.17) is 9.47 Å². The summed E-state index contributed by atoms with van der Waals surface area (Å²) in [5.41, 5.74) is 2.54. The molecule has 26 heavy (non-hydrogen) atoms. The Kier molecular flexibility index (Phi) is 5.18. The van der Waals surface area contributed by atoms with E-state index in [0.717, 1.165) is 16.5 Å². The van der Waals surface area contributed by atoms with Gasteiger partial charge in [0, 0.05) is 28.5 Å². The maximum absolute atomic E-state index is 12.5. The highest BCUT2D eigenvalue weighted by Crippen LogP contribution is 2.22. The van der Waals surface area contributed by atoms with Crippen LogP contribution >= 0.6 is 11.3 Å². The van der Waals surface area contributed by atoms with E-state index in [2.05, 4.69) is 4.98 Å². The summed E-state index contributed by atoms with van der Waals surface area (Å²) in [5.74, 6) is -0.263. The minimum absolute atomic E-state index is 0.253. The zero-order valence-corrected chi connectivity index (χ0v) is 15.5. The Bertz CT molecular complexity index is 945. The first kappa shape index (κ1) is 17.9. The van der Waals surface area contributed by atoms with Crippen LogP contribution in [0.5, 0.6) is 5.75 Å². The van der Waals surface area contributed by atoms with Crippen LogP contribution in [-0.2, 0) is 4.74 Å². The number of carbonyl (C=O) groups is 2. The second-order valence-corrected chi connectivity index (χ2v) is 6.54. The van der Waals surface area contributed by atoms with E-state index < -0.39 is 5.97 Å². The fourth-order valence-corrected chi connectivity index (χ4v) is 3.46. The molecule has 0 saturated heterocycles. The maximum atomic E-state index is 12.5. The minimum Gasteiger partial charge on any atom is -0.497 e.